The fourth-order valence-electron chi connectivity index (χ4n) is 2.53. The van der Waals surface area contributed by atoms with E-state index in [0.717, 1.165) is 18.7 Å². The van der Waals surface area contributed by atoms with Crippen LogP contribution in [0.5, 0.6) is 0 Å². The number of likely N-dealkylation sites (N-methyl/N-ethyl adjacent to an activating group) is 1. The van der Waals surface area contributed by atoms with Gasteiger partial charge in [-0.15, -0.1) is 0 Å². The van der Waals surface area contributed by atoms with Crippen molar-refractivity contribution in [3.63, 3.8) is 0 Å². The van der Waals surface area contributed by atoms with Crippen LogP contribution < -0.4 is 4.90 Å². The second-order valence-electron chi connectivity index (χ2n) is 5.58. The van der Waals surface area contributed by atoms with Gasteiger partial charge in [-0.05, 0) is 25.1 Å². The number of anilines is 1. The third-order valence-corrected chi connectivity index (χ3v) is 5.20. The zero-order valence-electron chi connectivity index (χ0n) is 13.1. The normalized spacial score (nSPS) is 17.9. The number of carbonyl (C=O) groups is 1. The Balaban J connectivity index is 1.92. The molecule has 7 heteroatoms. The van der Waals surface area contributed by atoms with Crippen LogP contribution in [0, 0.1) is 0 Å². The number of benzene rings is 1. The zero-order valence-corrected chi connectivity index (χ0v) is 13.9. The van der Waals surface area contributed by atoms with Crippen molar-refractivity contribution >= 4 is 21.6 Å². The van der Waals surface area contributed by atoms with Crippen LogP contribution in [-0.2, 0) is 14.8 Å². The van der Waals surface area contributed by atoms with E-state index in [-0.39, 0.29) is 5.91 Å². The van der Waals surface area contributed by atoms with Gasteiger partial charge in [-0.3, -0.25) is 9.69 Å². The minimum absolute atomic E-state index is 0.0130. The standard InChI is InChI=1S/C15H23N3O3S/c1-16(14-7-4-3-5-8-14)15(19)13-17-9-6-10-18(12-11-17)22(2,20)21/h3-5,7-8H,6,9-13H2,1-2H3. The van der Waals surface area contributed by atoms with Gasteiger partial charge in [0.25, 0.3) is 0 Å². The van der Waals surface area contributed by atoms with Crippen LogP contribution in [-0.4, -0.2) is 69.6 Å². The van der Waals surface area contributed by atoms with E-state index in [2.05, 4.69) is 0 Å². The van der Waals surface area contributed by atoms with Crippen molar-refractivity contribution < 1.29 is 13.2 Å². The van der Waals surface area contributed by atoms with Gasteiger partial charge in [0.2, 0.25) is 15.9 Å². The molecule has 1 aliphatic rings. The molecule has 0 unspecified atom stereocenters. The lowest BCUT2D eigenvalue weighted by atomic mass is 10.3. The molecule has 1 amide bonds. The van der Waals surface area contributed by atoms with Gasteiger partial charge >= 0.3 is 0 Å². The van der Waals surface area contributed by atoms with Gasteiger partial charge in [-0.2, -0.15) is 0 Å². The molecule has 0 saturated carbocycles. The molecule has 0 radical (unpaired) electrons. The number of sulfonamides is 1. The molecule has 22 heavy (non-hydrogen) atoms. The summed E-state index contributed by atoms with van der Waals surface area (Å²) in [5.41, 5.74) is 0.861. The van der Waals surface area contributed by atoms with E-state index < -0.39 is 10.0 Å². The van der Waals surface area contributed by atoms with E-state index in [1.165, 1.54) is 10.6 Å². The summed E-state index contributed by atoms with van der Waals surface area (Å²) in [7, 11) is -1.39. The molecule has 1 aromatic carbocycles. The molecule has 2 rings (SSSR count). The van der Waals surface area contributed by atoms with Crippen LogP contribution >= 0.6 is 0 Å². The lowest BCUT2D eigenvalue weighted by Crippen LogP contribution is -2.40. The number of nitrogens with zero attached hydrogens (tertiary/aromatic N) is 3. The number of rotatable bonds is 4. The quantitative estimate of drug-likeness (QED) is 0.814. The largest absolute Gasteiger partial charge is 0.314 e. The molecule has 0 atom stereocenters. The topological polar surface area (TPSA) is 60.9 Å². The molecule has 1 heterocycles. The van der Waals surface area contributed by atoms with E-state index in [9.17, 15) is 13.2 Å². The van der Waals surface area contributed by atoms with Crippen LogP contribution in [0.25, 0.3) is 0 Å². The number of carbonyl (C=O) groups excluding carboxylic acids is 1. The first-order valence-electron chi connectivity index (χ1n) is 7.37. The molecule has 122 valence electrons. The predicted molar refractivity (Wildman–Crippen MR) is 87.3 cm³/mol. The Hall–Kier alpha value is -1.44. The van der Waals surface area contributed by atoms with Crippen LogP contribution in [0.4, 0.5) is 5.69 Å². The number of amides is 1. The molecule has 1 fully saturated rings. The first-order chi connectivity index (χ1) is 10.4. The third-order valence-electron chi connectivity index (χ3n) is 3.89. The Bertz CT molecular complexity index is 604. The van der Waals surface area contributed by atoms with Crippen molar-refractivity contribution in [2.75, 3.05) is 50.9 Å². The summed E-state index contributed by atoms with van der Waals surface area (Å²) in [5, 5.41) is 0. The summed E-state index contributed by atoms with van der Waals surface area (Å²) in [6, 6.07) is 9.50. The molecule has 0 spiro atoms. The molecular weight excluding hydrogens is 302 g/mol. The van der Waals surface area contributed by atoms with Crippen molar-refractivity contribution in [3.05, 3.63) is 30.3 Å². The smallest absolute Gasteiger partial charge is 0.240 e. The number of para-hydroxylation sites is 1. The molecule has 0 aliphatic carbocycles. The van der Waals surface area contributed by atoms with Crippen molar-refractivity contribution in [3.8, 4) is 0 Å². The summed E-state index contributed by atoms with van der Waals surface area (Å²) in [5.74, 6) is 0.0130. The van der Waals surface area contributed by atoms with Gasteiger partial charge < -0.3 is 4.90 Å². The summed E-state index contributed by atoms with van der Waals surface area (Å²) >= 11 is 0. The van der Waals surface area contributed by atoms with Crippen LogP contribution in [0.1, 0.15) is 6.42 Å². The summed E-state index contributed by atoms with van der Waals surface area (Å²) in [6.45, 7) is 2.60. The van der Waals surface area contributed by atoms with Crippen molar-refractivity contribution in [1.29, 1.82) is 0 Å². The van der Waals surface area contributed by atoms with E-state index in [1.54, 1.807) is 11.9 Å². The van der Waals surface area contributed by atoms with E-state index in [0.29, 0.717) is 26.2 Å². The van der Waals surface area contributed by atoms with Crippen molar-refractivity contribution in [2.24, 2.45) is 0 Å². The fraction of sp³-hybridized carbons (Fsp3) is 0.533. The van der Waals surface area contributed by atoms with Crippen LogP contribution in [0.2, 0.25) is 0 Å². The first kappa shape index (κ1) is 16.9. The third kappa shape index (κ3) is 4.53. The van der Waals surface area contributed by atoms with E-state index >= 15 is 0 Å². The molecule has 0 aromatic heterocycles. The number of hydrogen-bond acceptors (Lipinski definition) is 4. The Morgan fingerprint density at radius 2 is 1.82 bits per heavy atom. The predicted octanol–water partition coefficient (Wildman–Crippen LogP) is 0.617. The summed E-state index contributed by atoms with van der Waals surface area (Å²) in [4.78, 5) is 16.0. The summed E-state index contributed by atoms with van der Waals surface area (Å²) in [6.07, 6.45) is 1.98. The Kier molecular flexibility index (Phi) is 5.55. The molecule has 1 aromatic rings. The fourth-order valence-corrected chi connectivity index (χ4v) is 3.40. The van der Waals surface area contributed by atoms with E-state index in [1.807, 2.05) is 35.2 Å². The molecule has 1 saturated heterocycles. The van der Waals surface area contributed by atoms with Gasteiger partial charge in [0.05, 0.1) is 12.8 Å². The van der Waals surface area contributed by atoms with Gasteiger partial charge in [-0.25, -0.2) is 12.7 Å². The second kappa shape index (κ2) is 7.21. The van der Waals surface area contributed by atoms with Gasteiger partial charge in [0.1, 0.15) is 0 Å². The Morgan fingerprint density at radius 1 is 1.14 bits per heavy atom. The van der Waals surface area contributed by atoms with Gasteiger partial charge in [0, 0.05) is 32.4 Å². The lowest BCUT2D eigenvalue weighted by molar-refractivity contribution is -0.119. The maximum atomic E-state index is 12.4. The van der Waals surface area contributed by atoms with Gasteiger partial charge in [0.15, 0.2) is 0 Å². The highest BCUT2D eigenvalue weighted by molar-refractivity contribution is 7.88. The zero-order chi connectivity index (χ0) is 16.2. The van der Waals surface area contributed by atoms with Gasteiger partial charge in [-0.1, -0.05) is 18.2 Å². The highest BCUT2D eigenvalue weighted by atomic mass is 32.2. The molecule has 6 nitrogen and oxygen atoms in total. The molecule has 0 bridgehead atoms. The minimum Gasteiger partial charge on any atom is -0.314 e. The average molecular weight is 325 g/mol. The van der Waals surface area contributed by atoms with Crippen LogP contribution in [0.15, 0.2) is 30.3 Å². The minimum atomic E-state index is -3.15. The monoisotopic (exact) mass is 325 g/mol. The lowest BCUT2D eigenvalue weighted by Gasteiger charge is -2.24. The van der Waals surface area contributed by atoms with Crippen molar-refractivity contribution in [1.82, 2.24) is 9.21 Å². The highest BCUT2D eigenvalue weighted by Gasteiger charge is 2.23. The average Bonchev–Trinajstić information content (AvgIpc) is 2.72. The van der Waals surface area contributed by atoms with Crippen LogP contribution in [0.3, 0.4) is 0 Å². The molecular formula is C15H23N3O3S. The van der Waals surface area contributed by atoms with Crippen molar-refractivity contribution in [2.45, 2.75) is 6.42 Å². The molecule has 0 N–H and O–H groups in total. The number of hydrogen-bond donors (Lipinski definition) is 0. The Labute approximate surface area is 132 Å². The highest BCUT2D eigenvalue weighted by Crippen LogP contribution is 2.12. The summed E-state index contributed by atoms with van der Waals surface area (Å²) < 4.78 is 24.7. The first-order valence-corrected chi connectivity index (χ1v) is 9.22. The SMILES string of the molecule is CN(C(=O)CN1CCCN(S(C)(=O)=O)CC1)c1ccccc1. The Morgan fingerprint density at radius 3 is 2.45 bits per heavy atom. The van der Waals surface area contributed by atoms with E-state index in [4.69, 9.17) is 0 Å². The maximum Gasteiger partial charge on any atom is 0.240 e. The maximum absolute atomic E-state index is 12.4. The molecule has 1 aliphatic heterocycles. The second-order valence-corrected chi connectivity index (χ2v) is 7.56.